The predicted octanol–water partition coefficient (Wildman–Crippen LogP) is 1.35. The molecule has 0 bridgehead atoms. The Morgan fingerprint density at radius 1 is 1.43 bits per heavy atom. The molecule has 5 heteroatoms. The molecule has 74 valence electrons. The first kappa shape index (κ1) is 10.5. The zero-order chi connectivity index (χ0) is 9.26. The SMILES string of the molecule is COc1cccc2nc[nH]c(=O)c12.Cl. The summed E-state index contributed by atoms with van der Waals surface area (Å²) >= 11 is 0. The number of nitrogens with zero attached hydrogens (tertiary/aromatic N) is 1. The maximum absolute atomic E-state index is 11.4. The van der Waals surface area contributed by atoms with Crippen LogP contribution in [-0.2, 0) is 0 Å². The summed E-state index contributed by atoms with van der Waals surface area (Å²) in [4.78, 5) is 17.9. The Morgan fingerprint density at radius 3 is 2.93 bits per heavy atom. The number of hydrogen-bond donors (Lipinski definition) is 1. The van der Waals surface area contributed by atoms with E-state index >= 15 is 0 Å². The van der Waals surface area contributed by atoms with Gasteiger partial charge in [-0.2, -0.15) is 0 Å². The van der Waals surface area contributed by atoms with Crippen LogP contribution in [0.2, 0.25) is 0 Å². The fraction of sp³-hybridized carbons (Fsp3) is 0.111. The van der Waals surface area contributed by atoms with E-state index in [9.17, 15) is 4.79 Å². The highest BCUT2D eigenvalue weighted by atomic mass is 35.5. The maximum atomic E-state index is 11.4. The highest BCUT2D eigenvalue weighted by molar-refractivity contribution is 5.85. The minimum Gasteiger partial charge on any atom is -0.496 e. The number of hydrogen-bond acceptors (Lipinski definition) is 3. The highest BCUT2D eigenvalue weighted by Gasteiger charge is 2.04. The third-order valence-corrected chi connectivity index (χ3v) is 1.85. The van der Waals surface area contributed by atoms with Crippen molar-refractivity contribution in [2.75, 3.05) is 7.11 Å². The fourth-order valence-corrected chi connectivity index (χ4v) is 1.26. The van der Waals surface area contributed by atoms with Crippen molar-refractivity contribution >= 4 is 23.3 Å². The molecular weight excluding hydrogens is 204 g/mol. The van der Waals surface area contributed by atoms with Crippen LogP contribution in [0.15, 0.2) is 29.3 Å². The van der Waals surface area contributed by atoms with E-state index < -0.39 is 0 Å². The molecule has 0 saturated carbocycles. The van der Waals surface area contributed by atoms with Crippen LogP contribution in [0.5, 0.6) is 5.75 Å². The van der Waals surface area contributed by atoms with Crippen molar-refractivity contribution in [1.29, 1.82) is 0 Å². The lowest BCUT2D eigenvalue weighted by atomic mass is 10.2. The Bertz CT molecular complexity index is 490. The number of H-pyrrole nitrogens is 1. The van der Waals surface area contributed by atoms with Crippen molar-refractivity contribution in [1.82, 2.24) is 9.97 Å². The number of nitrogens with one attached hydrogen (secondary N) is 1. The normalized spacial score (nSPS) is 9.50. The van der Waals surface area contributed by atoms with Gasteiger partial charge >= 0.3 is 0 Å². The van der Waals surface area contributed by atoms with Crippen molar-refractivity contribution in [2.45, 2.75) is 0 Å². The number of ether oxygens (including phenoxy) is 1. The summed E-state index contributed by atoms with van der Waals surface area (Å²) in [5, 5.41) is 0.493. The largest absolute Gasteiger partial charge is 0.496 e. The fourth-order valence-electron chi connectivity index (χ4n) is 1.26. The van der Waals surface area contributed by atoms with Crippen molar-refractivity contribution in [3.63, 3.8) is 0 Å². The lowest BCUT2D eigenvalue weighted by Crippen LogP contribution is -2.07. The van der Waals surface area contributed by atoms with Crippen molar-refractivity contribution in [3.05, 3.63) is 34.9 Å². The van der Waals surface area contributed by atoms with Gasteiger partial charge in [0, 0.05) is 0 Å². The van der Waals surface area contributed by atoms with Gasteiger partial charge in [-0.25, -0.2) is 4.98 Å². The first-order chi connectivity index (χ1) is 6.33. The van der Waals surface area contributed by atoms with E-state index in [0.29, 0.717) is 16.7 Å². The van der Waals surface area contributed by atoms with Gasteiger partial charge in [-0.05, 0) is 12.1 Å². The Labute approximate surface area is 86.3 Å². The molecule has 1 heterocycles. The molecule has 14 heavy (non-hydrogen) atoms. The van der Waals surface area contributed by atoms with Crippen LogP contribution in [0, 0.1) is 0 Å². The first-order valence-corrected chi connectivity index (χ1v) is 3.83. The van der Waals surface area contributed by atoms with Gasteiger partial charge in [-0.15, -0.1) is 12.4 Å². The highest BCUT2D eigenvalue weighted by Crippen LogP contribution is 2.18. The lowest BCUT2D eigenvalue weighted by molar-refractivity contribution is 0.419. The summed E-state index contributed by atoms with van der Waals surface area (Å²) in [6.45, 7) is 0. The van der Waals surface area contributed by atoms with Crippen LogP contribution in [0.25, 0.3) is 10.9 Å². The smallest absolute Gasteiger partial charge is 0.262 e. The number of rotatable bonds is 1. The minimum absolute atomic E-state index is 0. The maximum Gasteiger partial charge on any atom is 0.262 e. The average molecular weight is 213 g/mol. The topological polar surface area (TPSA) is 55.0 Å². The Morgan fingerprint density at radius 2 is 2.21 bits per heavy atom. The average Bonchev–Trinajstić information content (AvgIpc) is 2.17. The number of fused-ring (bicyclic) bond motifs is 1. The monoisotopic (exact) mass is 212 g/mol. The zero-order valence-corrected chi connectivity index (χ0v) is 8.30. The Balaban J connectivity index is 0.000000980. The molecule has 1 aromatic carbocycles. The molecule has 0 aliphatic heterocycles. The van der Waals surface area contributed by atoms with Crippen LogP contribution < -0.4 is 10.3 Å². The first-order valence-electron chi connectivity index (χ1n) is 3.83. The van der Waals surface area contributed by atoms with Crippen LogP contribution in [0.4, 0.5) is 0 Å². The molecule has 0 aliphatic carbocycles. The van der Waals surface area contributed by atoms with Gasteiger partial charge in [0.1, 0.15) is 11.1 Å². The second-order valence-electron chi connectivity index (χ2n) is 2.59. The van der Waals surface area contributed by atoms with Crippen LogP contribution >= 0.6 is 12.4 Å². The van der Waals surface area contributed by atoms with Gasteiger partial charge in [0.25, 0.3) is 5.56 Å². The molecule has 4 nitrogen and oxygen atoms in total. The van der Waals surface area contributed by atoms with Crippen molar-refractivity contribution < 1.29 is 4.74 Å². The van der Waals surface area contributed by atoms with Gasteiger partial charge in [-0.3, -0.25) is 4.79 Å². The molecule has 2 rings (SSSR count). The standard InChI is InChI=1S/C9H8N2O2.ClH/c1-13-7-4-2-3-6-8(7)9(12)11-5-10-6;/h2-5H,1H3,(H,10,11,12);1H. The van der Waals surface area contributed by atoms with E-state index in [1.165, 1.54) is 13.4 Å². The van der Waals surface area contributed by atoms with E-state index in [0.717, 1.165) is 0 Å². The number of halogens is 1. The summed E-state index contributed by atoms with van der Waals surface area (Å²) in [6.07, 6.45) is 1.38. The van der Waals surface area contributed by atoms with Gasteiger partial charge in [-0.1, -0.05) is 6.07 Å². The molecular formula is C9H9ClN2O2. The molecule has 1 N–H and O–H groups in total. The Kier molecular flexibility index (Phi) is 3.09. The molecule has 0 fully saturated rings. The van der Waals surface area contributed by atoms with E-state index in [-0.39, 0.29) is 18.0 Å². The molecule has 0 saturated heterocycles. The molecule has 0 amide bonds. The number of aromatic amines is 1. The molecule has 0 atom stereocenters. The van der Waals surface area contributed by atoms with Crippen LogP contribution in [-0.4, -0.2) is 17.1 Å². The van der Waals surface area contributed by atoms with Crippen LogP contribution in [0.1, 0.15) is 0 Å². The summed E-state index contributed by atoms with van der Waals surface area (Å²) in [6, 6.07) is 5.31. The van der Waals surface area contributed by atoms with E-state index in [2.05, 4.69) is 9.97 Å². The number of benzene rings is 1. The molecule has 0 unspecified atom stereocenters. The summed E-state index contributed by atoms with van der Waals surface area (Å²) in [5.41, 5.74) is 0.463. The molecule has 0 spiro atoms. The van der Waals surface area contributed by atoms with E-state index in [4.69, 9.17) is 4.74 Å². The summed E-state index contributed by atoms with van der Waals surface area (Å²) in [7, 11) is 1.53. The second-order valence-corrected chi connectivity index (χ2v) is 2.59. The number of aromatic nitrogens is 2. The number of methoxy groups -OCH3 is 1. The molecule has 0 radical (unpaired) electrons. The third kappa shape index (κ3) is 1.56. The predicted molar refractivity (Wildman–Crippen MR) is 56.2 cm³/mol. The third-order valence-electron chi connectivity index (χ3n) is 1.85. The summed E-state index contributed by atoms with van der Waals surface area (Å²) in [5.74, 6) is 0.548. The van der Waals surface area contributed by atoms with Gasteiger partial charge in [0.15, 0.2) is 0 Å². The van der Waals surface area contributed by atoms with Crippen LogP contribution in [0.3, 0.4) is 0 Å². The van der Waals surface area contributed by atoms with E-state index in [1.807, 2.05) is 0 Å². The van der Waals surface area contributed by atoms with Gasteiger partial charge < -0.3 is 9.72 Å². The Hall–Kier alpha value is -1.55. The molecule has 0 aliphatic rings. The summed E-state index contributed by atoms with van der Waals surface area (Å²) < 4.78 is 5.05. The molecule has 1 aromatic heterocycles. The molecule has 2 aromatic rings. The van der Waals surface area contributed by atoms with Gasteiger partial charge in [0.2, 0.25) is 0 Å². The zero-order valence-electron chi connectivity index (χ0n) is 7.48. The van der Waals surface area contributed by atoms with Gasteiger partial charge in [0.05, 0.1) is 19.0 Å². The van der Waals surface area contributed by atoms with Crippen molar-refractivity contribution in [3.8, 4) is 5.75 Å². The lowest BCUT2D eigenvalue weighted by Gasteiger charge is -2.01. The second kappa shape index (κ2) is 4.11. The minimum atomic E-state index is -0.178. The quantitative estimate of drug-likeness (QED) is 0.777. The van der Waals surface area contributed by atoms with Crippen molar-refractivity contribution in [2.24, 2.45) is 0 Å². The van der Waals surface area contributed by atoms with E-state index in [1.54, 1.807) is 18.2 Å².